The highest BCUT2D eigenvalue weighted by Gasteiger charge is 2.08. The molecule has 1 heterocycles. The summed E-state index contributed by atoms with van der Waals surface area (Å²) >= 11 is 8.70. The highest BCUT2D eigenvalue weighted by atomic mass is 79.9. The van der Waals surface area contributed by atoms with Gasteiger partial charge in [0.25, 0.3) is 0 Å². The second-order valence-corrected chi connectivity index (χ2v) is 5.89. The van der Waals surface area contributed by atoms with Gasteiger partial charge in [-0.05, 0) is 33.6 Å². The summed E-state index contributed by atoms with van der Waals surface area (Å²) in [4.78, 5) is 6.49. The molecule has 0 atom stereocenters. The average Bonchev–Trinajstić information content (AvgIpc) is 2.81. The molecule has 0 unspecified atom stereocenters. The van der Waals surface area contributed by atoms with Crippen LogP contribution in [0.5, 0.6) is 0 Å². The molecule has 0 N–H and O–H groups in total. The molecule has 0 amide bonds. The Morgan fingerprint density at radius 2 is 2.24 bits per heavy atom. The lowest BCUT2D eigenvalue weighted by atomic mass is 10.2. The van der Waals surface area contributed by atoms with Crippen LogP contribution in [0.1, 0.15) is 11.3 Å². The van der Waals surface area contributed by atoms with Crippen molar-refractivity contribution in [3.8, 4) is 0 Å². The van der Waals surface area contributed by atoms with E-state index in [9.17, 15) is 0 Å². The maximum absolute atomic E-state index is 4.30. The number of hydrogen-bond donors (Lipinski definition) is 0. The summed E-state index contributed by atoms with van der Waals surface area (Å²) < 4.78 is 1.12. The summed E-state index contributed by atoms with van der Waals surface area (Å²) in [6.07, 6.45) is 0. The van der Waals surface area contributed by atoms with Crippen molar-refractivity contribution in [2.24, 2.45) is 0 Å². The number of thiazole rings is 1. The summed E-state index contributed by atoms with van der Waals surface area (Å²) in [7, 11) is 2.08. The van der Waals surface area contributed by atoms with E-state index >= 15 is 0 Å². The average molecular weight is 376 g/mol. The van der Waals surface area contributed by atoms with Crippen LogP contribution < -0.4 is 4.90 Å². The van der Waals surface area contributed by atoms with E-state index in [1.54, 1.807) is 11.3 Å². The summed E-state index contributed by atoms with van der Waals surface area (Å²) in [5, 5.41) is 2.96. The predicted octanol–water partition coefficient (Wildman–Crippen LogP) is 4.44. The summed E-state index contributed by atoms with van der Waals surface area (Å²) in [5.74, 6) is 0. The summed E-state index contributed by atoms with van der Waals surface area (Å²) in [5.41, 5.74) is 5.42. The second-order valence-electron chi connectivity index (χ2n) is 3.76. The first-order chi connectivity index (χ1) is 8.20. The lowest BCUT2D eigenvalue weighted by Crippen LogP contribution is -2.17. The summed E-state index contributed by atoms with van der Waals surface area (Å²) in [6, 6.07) is 6.40. The third-order valence-corrected chi connectivity index (χ3v) is 4.38. The minimum Gasteiger partial charge on any atom is -0.368 e. The quantitative estimate of drug-likeness (QED) is 0.734. The molecule has 0 spiro atoms. The van der Waals surface area contributed by atoms with Crippen LogP contribution in [0.2, 0.25) is 0 Å². The molecule has 0 radical (unpaired) electrons. The summed E-state index contributed by atoms with van der Waals surface area (Å²) in [6.45, 7) is 0.829. The molecule has 1 aromatic heterocycles. The number of alkyl halides is 1. The van der Waals surface area contributed by atoms with E-state index in [4.69, 9.17) is 0 Å². The molecular weight excluding hydrogens is 364 g/mol. The number of benzene rings is 1. The van der Waals surface area contributed by atoms with Gasteiger partial charge in [0.1, 0.15) is 0 Å². The van der Waals surface area contributed by atoms with Crippen molar-refractivity contribution in [2.75, 3.05) is 11.9 Å². The van der Waals surface area contributed by atoms with Crippen molar-refractivity contribution in [1.82, 2.24) is 4.98 Å². The number of aromatic nitrogens is 1. The van der Waals surface area contributed by atoms with Gasteiger partial charge in [-0.25, -0.2) is 4.98 Å². The molecule has 0 bridgehead atoms. The predicted molar refractivity (Wildman–Crippen MR) is 81.0 cm³/mol. The number of halogens is 2. The van der Waals surface area contributed by atoms with Crippen LogP contribution in [0.3, 0.4) is 0 Å². The van der Waals surface area contributed by atoms with E-state index in [1.165, 1.54) is 11.3 Å². The Kier molecular flexibility index (Phi) is 4.59. The fraction of sp³-hybridized carbons (Fsp3) is 0.250. The van der Waals surface area contributed by atoms with Crippen LogP contribution in [-0.2, 0) is 11.9 Å². The highest BCUT2D eigenvalue weighted by Crippen LogP contribution is 2.28. The van der Waals surface area contributed by atoms with Gasteiger partial charge in [-0.3, -0.25) is 0 Å². The molecule has 0 saturated carbocycles. The van der Waals surface area contributed by atoms with Crippen LogP contribution in [0, 0.1) is 0 Å². The molecule has 0 aliphatic rings. The normalized spacial score (nSPS) is 10.5. The minimum atomic E-state index is 0.829. The molecule has 2 aromatic rings. The van der Waals surface area contributed by atoms with E-state index < -0.39 is 0 Å². The minimum absolute atomic E-state index is 0.829. The fourth-order valence-electron chi connectivity index (χ4n) is 1.59. The van der Waals surface area contributed by atoms with Gasteiger partial charge in [0.2, 0.25) is 0 Å². The van der Waals surface area contributed by atoms with E-state index in [0.717, 1.165) is 22.0 Å². The van der Waals surface area contributed by atoms with Crippen molar-refractivity contribution in [1.29, 1.82) is 0 Å². The molecule has 0 saturated heterocycles. The van der Waals surface area contributed by atoms with Gasteiger partial charge in [-0.2, -0.15) is 0 Å². The van der Waals surface area contributed by atoms with Crippen LogP contribution in [0.15, 0.2) is 33.6 Å². The van der Waals surface area contributed by atoms with E-state index in [1.807, 2.05) is 5.51 Å². The zero-order valence-electron chi connectivity index (χ0n) is 9.36. The molecule has 2 rings (SSSR count). The fourth-order valence-corrected chi connectivity index (χ4v) is 3.21. The Morgan fingerprint density at radius 3 is 2.82 bits per heavy atom. The molecule has 90 valence electrons. The van der Waals surface area contributed by atoms with Gasteiger partial charge in [-0.15, -0.1) is 11.3 Å². The van der Waals surface area contributed by atoms with Crippen LogP contribution in [-0.4, -0.2) is 12.0 Å². The molecule has 17 heavy (non-hydrogen) atoms. The SMILES string of the molecule is CN(Cc1cscn1)c1ccc(CBr)cc1Br. The van der Waals surface area contributed by atoms with Crippen LogP contribution in [0.4, 0.5) is 5.69 Å². The maximum Gasteiger partial charge on any atom is 0.0795 e. The van der Waals surface area contributed by atoms with Crippen molar-refractivity contribution < 1.29 is 0 Å². The maximum atomic E-state index is 4.30. The Hall–Kier alpha value is -0.390. The van der Waals surface area contributed by atoms with Crippen LogP contribution >= 0.6 is 43.2 Å². The lowest BCUT2D eigenvalue weighted by molar-refractivity contribution is 0.892. The molecule has 0 fully saturated rings. The van der Waals surface area contributed by atoms with E-state index in [-0.39, 0.29) is 0 Å². The molecule has 5 heteroatoms. The first-order valence-electron chi connectivity index (χ1n) is 5.13. The Labute approximate surface area is 122 Å². The first-order valence-corrected chi connectivity index (χ1v) is 7.99. The molecule has 2 nitrogen and oxygen atoms in total. The molecule has 1 aromatic carbocycles. The molecule has 0 aliphatic heterocycles. The smallest absolute Gasteiger partial charge is 0.0795 e. The Bertz CT molecular complexity index is 485. The van der Waals surface area contributed by atoms with Gasteiger partial charge in [-0.1, -0.05) is 22.0 Å². The zero-order valence-corrected chi connectivity index (χ0v) is 13.3. The van der Waals surface area contributed by atoms with Gasteiger partial charge in [0, 0.05) is 22.2 Å². The van der Waals surface area contributed by atoms with Gasteiger partial charge >= 0.3 is 0 Å². The number of rotatable bonds is 4. The van der Waals surface area contributed by atoms with Crippen molar-refractivity contribution in [3.63, 3.8) is 0 Å². The van der Waals surface area contributed by atoms with E-state index in [0.29, 0.717) is 0 Å². The van der Waals surface area contributed by atoms with Crippen molar-refractivity contribution in [2.45, 2.75) is 11.9 Å². The third-order valence-electron chi connectivity index (χ3n) is 2.46. The molecular formula is C12H12Br2N2S. The van der Waals surface area contributed by atoms with E-state index in [2.05, 4.69) is 72.4 Å². The van der Waals surface area contributed by atoms with Crippen LogP contribution in [0.25, 0.3) is 0 Å². The number of anilines is 1. The van der Waals surface area contributed by atoms with Gasteiger partial charge in [0.05, 0.1) is 23.4 Å². The topological polar surface area (TPSA) is 16.1 Å². The largest absolute Gasteiger partial charge is 0.368 e. The molecule has 0 aliphatic carbocycles. The number of hydrogen-bond acceptors (Lipinski definition) is 3. The van der Waals surface area contributed by atoms with Gasteiger partial charge < -0.3 is 4.90 Å². The monoisotopic (exact) mass is 374 g/mol. The number of nitrogens with zero attached hydrogens (tertiary/aromatic N) is 2. The standard InChI is InChI=1S/C12H12Br2N2S/c1-16(6-10-7-17-8-15-10)12-3-2-9(5-13)4-11(12)14/h2-4,7-8H,5-6H2,1H3. The second kappa shape index (κ2) is 5.98. The lowest BCUT2D eigenvalue weighted by Gasteiger charge is -2.20. The van der Waals surface area contributed by atoms with Crippen molar-refractivity contribution in [3.05, 3.63) is 44.8 Å². The Balaban J connectivity index is 2.16. The van der Waals surface area contributed by atoms with Gasteiger partial charge in [0.15, 0.2) is 0 Å². The highest BCUT2D eigenvalue weighted by molar-refractivity contribution is 9.10. The Morgan fingerprint density at radius 1 is 1.41 bits per heavy atom. The first kappa shape index (κ1) is 13.1. The van der Waals surface area contributed by atoms with Crippen molar-refractivity contribution >= 4 is 48.9 Å². The zero-order chi connectivity index (χ0) is 12.3. The third kappa shape index (κ3) is 3.30.